The molecular weight excluding hydrogens is 145 g/mol. The van der Waals surface area contributed by atoms with Crippen LogP contribution >= 0.6 is 0 Å². The molecule has 1 rings (SSSR count). The quantitative estimate of drug-likeness (QED) is 0.613. The molecule has 0 atom stereocenters. The van der Waals surface area contributed by atoms with E-state index >= 15 is 0 Å². The summed E-state index contributed by atoms with van der Waals surface area (Å²) in [6, 6.07) is 1.17. The van der Waals surface area contributed by atoms with Crippen molar-refractivity contribution in [1.82, 2.24) is 4.98 Å². The van der Waals surface area contributed by atoms with Gasteiger partial charge in [0.05, 0.1) is 11.9 Å². The summed E-state index contributed by atoms with van der Waals surface area (Å²) in [5.74, 6) is -0.492. The van der Waals surface area contributed by atoms with Crippen molar-refractivity contribution in [2.75, 3.05) is 0 Å². The Bertz CT molecular complexity index is 295. The fourth-order valence-electron chi connectivity index (χ4n) is 0.642. The molecule has 0 aromatic carbocycles. The van der Waals surface area contributed by atoms with E-state index in [1.54, 1.807) is 0 Å². The summed E-state index contributed by atoms with van der Waals surface area (Å²) in [5, 5.41) is 13.8. The molecule has 0 saturated carbocycles. The van der Waals surface area contributed by atoms with Gasteiger partial charge in [0.2, 0.25) is 0 Å². The zero-order valence-electron chi connectivity index (χ0n) is 5.63. The molecule has 1 aromatic rings. The van der Waals surface area contributed by atoms with Gasteiger partial charge >= 0.3 is 0 Å². The van der Waals surface area contributed by atoms with Crippen molar-refractivity contribution in [3.05, 3.63) is 29.8 Å². The van der Waals surface area contributed by atoms with Crippen molar-refractivity contribution in [3.8, 4) is 0 Å². The van der Waals surface area contributed by atoms with Crippen LogP contribution in [0.3, 0.4) is 0 Å². The largest absolute Gasteiger partial charge is 0.307 e. The molecule has 0 amide bonds. The molecule has 2 N–H and O–H groups in total. The molecule has 0 saturated heterocycles. The molecule has 56 valence electrons. The number of halogens is 1. The number of hydrogen-bond donors (Lipinski definition) is 2. The Balaban J connectivity index is 3.05. The van der Waals surface area contributed by atoms with E-state index in [-0.39, 0.29) is 5.71 Å². The molecule has 0 aliphatic carbocycles. The lowest BCUT2D eigenvalue weighted by Crippen LogP contribution is -2.00. The molecule has 1 heterocycles. The first-order valence-corrected chi connectivity index (χ1v) is 2.94. The lowest BCUT2D eigenvalue weighted by molar-refractivity contribution is 0.621. The van der Waals surface area contributed by atoms with Gasteiger partial charge in [-0.05, 0) is 6.07 Å². The Hall–Kier alpha value is -1.58. The van der Waals surface area contributed by atoms with Crippen LogP contribution in [0.1, 0.15) is 5.56 Å². The average molecular weight is 151 g/mol. The van der Waals surface area contributed by atoms with E-state index < -0.39 is 5.82 Å². The van der Waals surface area contributed by atoms with Crippen molar-refractivity contribution in [1.29, 1.82) is 10.8 Å². The van der Waals surface area contributed by atoms with Gasteiger partial charge in [-0.25, -0.2) is 4.39 Å². The van der Waals surface area contributed by atoms with Crippen LogP contribution in [0.15, 0.2) is 18.5 Å². The highest BCUT2D eigenvalue weighted by Gasteiger charge is 1.98. The summed E-state index contributed by atoms with van der Waals surface area (Å²) in [7, 11) is 0. The van der Waals surface area contributed by atoms with E-state index in [1.165, 1.54) is 12.3 Å². The number of pyridine rings is 1. The number of nitrogens with one attached hydrogen (secondary N) is 2. The van der Waals surface area contributed by atoms with Crippen LogP contribution in [0.2, 0.25) is 0 Å². The van der Waals surface area contributed by atoms with Crippen molar-refractivity contribution < 1.29 is 4.39 Å². The van der Waals surface area contributed by atoms with Crippen LogP contribution in [0.25, 0.3) is 0 Å². The zero-order valence-corrected chi connectivity index (χ0v) is 5.63. The summed E-state index contributed by atoms with van der Waals surface area (Å²) < 4.78 is 12.4. The van der Waals surface area contributed by atoms with E-state index in [4.69, 9.17) is 10.8 Å². The van der Waals surface area contributed by atoms with E-state index in [0.717, 1.165) is 12.4 Å². The normalized spacial score (nSPS) is 9.18. The van der Waals surface area contributed by atoms with Gasteiger partial charge in [-0.2, -0.15) is 0 Å². The first-order valence-electron chi connectivity index (χ1n) is 2.94. The minimum absolute atomic E-state index is 0.0444. The smallest absolute Gasteiger partial charge is 0.142 e. The van der Waals surface area contributed by atoms with Gasteiger partial charge in [-0.15, -0.1) is 0 Å². The molecule has 11 heavy (non-hydrogen) atoms. The maximum atomic E-state index is 12.4. The summed E-state index contributed by atoms with van der Waals surface area (Å²) in [5.41, 5.74) is 0.275. The predicted molar refractivity (Wildman–Crippen MR) is 39.8 cm³/mol. The summed E-state index contributed by atoms with van der Waals surface area (Å²) in [6.07, 6.45) is 3.24. The van der Waals surface area contributed by atoms with Gasteiger partial charge in [0.15, 0.2) is 0 Å². The average Bonchev–Trinajstić information content (AvgIpc) is 2.03. The van der Waals surface area contributed by atoms with Crippen LogP contribution in [0.4, 0.5) is 4.39 Å². The van der Waals surface area contributed by atoms with Crippen molar-refractivity contribution in [2.45, 2.75) is 0 Å². The molecule has 0 bridgehead atoms. The highest BCUT2D eigenvalue weighted by molar-refractivity contribution is 6.35. The van der Waals surface area contributed by atoms with Gasteiger partial charge in [-0.1, -0.05) is 0 Å². The Morgan fingerprint density at radius 2 is 2.27 bits per heavy atom. The highest BCUT2D eigenvalue weighted by atomic mass is 19.1. The zero-order chi connectivity index (χ0) is 8.27. The molecule has 1 aromatic heterocycles. The third-order valence-corrected chi connectivity index (χ3v) is 1.16. The lowest BCUT2D eigenvalue weighted by Gasteiger charge is -1.94. The maximum absolute atomic E-state index is 12.4. The second-order valence-electron chi connectivity index (χ2n) is 1.95. The van der Waals surface area contributed by atoms with Crippen LogP contribution in [0, 0.1) is 16.6 Å². The van der Waals surface area contributed by atoms with Gasteiger partial charge in [0.1, 0.15) is 5.82 Å². The van der Waals surface area contributed by atoms with Gasteiger partial charge < -0.3 is 5.41 Å². The fraction of sp³-hybridized carbons (Fsp3) is 0. The molecule has 0 aliphatic heterocycles. The van der Waals surface area contributed by atoms with Crippen molar-refractivity contribution in [2.24, 2.45) is 0 Å². The molecule has 0 unspecified atom stereocenters. The summed E-state index contributed by atoms with van der Waals surface area (Å²) in [4.78, 5) is 3.53. The number of rotatable bonds is 2. The molecule has 4 heteroatoms. The molecule has 0 radical (unpaired) electrons. The molecule has 0 fully saturated rings. The Labute approximate surface area is 62.9 Å². The second kappa shape index (κ2) is 3.01. The molecular formula is C7H6FN3. The topological polar surface area (TPSA) is 60.6 Å². The van der Waals surface area contributed by atoms with Crippen LogP contribution in [-0.4, -0.2) is 16.9 Å². The van der Waals surface area contributed by atoms with Crippen LogP contribution in [-0.2, 0) is 0 Å². The number of aromatic nitrogens is 1. The van der Waals surface area contributed by atoms with Gasteiger partial charge in [0, 0.05) is 18.0 Å². The Kier molecular flexibility index (Phi) is 2.06. The number of hydrogen-bond acceptors (Lipinski definition) is 3. The second-order valence-corrected chi connectivity index (χ2v) is 1.95. The Morgan fingerprint density at radius 1 is 1.55 bits per heavy atom. The highest BCUT2D eigenvalue weighted by Crippen LogP contribution is 1.99. The number of nitrogens with zero attached hydrogens (tertiary/aromatic N) is 1. The van der Waals surface area contributed by atoms with E-state index in [1.807, 2.05) is 0 Å². The maximum Gasteiger partial charge on any atom is 0.142 e. The van der Waals surface area contributed by atoms with E-state index in [2.05, 4.69) is 4.98 Å². The fourth-order valence-corrected chi connectivity index (χ4v) is 0.642. The van der Waals surface area contributed by atoms with Gasteiger partial charge in [0.25, 0.3) is 0 Å². The molecule has 0 aliphatic rings. The third-order valence-electron chi connectivity index (χ3n) is 1.16. The first kappa shape index (κ1) is 7.53. The van der Waals surface area contributed by atoms with Crippen molar-refractivity contribution in [3.63, 3.8) is 0 Å². The Morgan fingerprint density at radius 3 is 2.82 bits per heavy atom. The molecule has 0 spiro atoms. The SMILES string of the molecule is N=CC(=N)c1cncc(F)c1. The first-order chi connectivity index (χ1) is 5.24. The van der Waals surface area contributed by atoms with Crippen molar-refractivity contribution >= 4 is 11.9 Å². The molecule has 3 nitrogen and oxygen atoms in total. The lowest BCUT2D eigenvalue weighted by atomic mass is 10.2. The van der Waals surface area contributed by atoms with E-state index in [0.29, 0.717) is 5.56 Å². The van der Waals surface area contributed by atoms with Gasteiger partial charge in [-0.3, -0.25) is 10.4 Å². The van der Waals surface area contributed by atoms with Crippen LogP contribution in [0.5, 0.6) is 0 Å². The third kappa shape index (κ3) is 1.67. The minimum atomic E-state index is -0.492. The summed E-state index contributed by atoms with van der Waals surface area (Å²) >= 11 is 0. The predicted octanol–water partition coefficient (Wildman–Crippen LogP) is 1.24. The summed E-state index contributed by atoms with van der Waals surface area (Å²) in [6.45, 7) is 0. The van der Waals surface area contributed by atoms with E-state index in [9.17, 15) is 4.39 Å². The monoisotopic (exact) mass is 151 g/mol. The minimum Gasteiger partial charge on any atom is -0.307 e. The standard InChI is InChI=1S/C7H6FN3/c8-6-1-5(3-11-4-6)7(10)2-9/h1-4,9-10H. The van der Waals surface area contributed by atoms with Crippen LogP contribution < -0.4 is 0 Å².